The molecule has 0 aliphatic carbocycles. The third-order valence-electron chi connectivity index (χ3n) is 1.81. The standard InChI is InChI=1S/C8H16N4O3S/c1-8(2,13)5-10-16(14,15)6-4-12(3)11-7(6)9/h4,10,13H,5H2,1-3H3,(H2,9,11). The van der Waals surface area contributed by atoms with Gasteiger partial charge in [0.2, 0.25) is 10.0 Å². The second kappa shape index (κ2) is 4.04. The summed E-state index contributed by atoms with van der Waals surface area (Å²) >= 11 is 0. The molecule has 92 valence electrons. The molecule has 16 heavy (non-hydrogen) atoms. The first-order chi connectivity index (χ1) is 7.12. The van der Waals surface area contributed by atoms with Crippen LogP contribution in [0.3, 0.4) is 0 Å². The van der Waals surface area contributed by atoms with Gasteiger partial charge in [-0.1, -0.05) is 0 Å². The van der Waals surface area contributed by atoms with Crippen LogP contribution in [0.1, 0.15) is 13.8 Å². The number of nitrogens with one attached hydrogen (secondary N) is 1. The lowest BCUT2D eigenvalue weighted by molar-refractivity contribution is 0.0857. The molecule has 0 atom stereocenters. The summed E-state index contributed by atoms with van der Waals surface area (Å²) in [6.07, 6.45) is 1.31. The van der Waals surface area contributed by atoms with Crippen LogP contribution in [0.25, 0.3) is 0 Å². The molecule has 1 rings (SSSR count). The van der Waals surface area contributed by atoms with Crippen molar-refractivity contribution < 1.29 is 13.5 Å². The molecule has 0 radical (unpaired) electrons. The van der Waals surface area contributed by atoms with Crippen LogP contribution in [0, 0.1) is 0 Å². The zero-order valence-corrected chi connectivity index (χ0v) is 10.2. The minimum absolute atomic E-state index is 0.0641. The van der Waals surface area contributed by atoms with Crippen LogP contribution in [0.2, 0.25) is 0 Å². The summed E-state index contributed by atoms with van der Waals surface area (Å²) in [5.74, 6) is -0.0641. The van der Waals surface area contributed by atoms with E-state index >= 15 is 0 Å². The van der Waals surface area contributed by atoms with E-state index in [2.05, 4.69) is 9.82 Å². The van der Waals surface area contributed by atoms with Gasteiger partial charge < -0.3 is 10.8 Å². The highest BCUT2D eigenvalue weighted by Crippen LogP contribution is 2.15. The zero-order chi connectivity index (χ0) is 12.6. The molecule has 0 aliphatic heterocycles. The van der Waals surface area contributed by atoms with E-state index in [9.17, 15) is 13.5 Å². The Kier molecular flexibility index (Phi) is 3.27. The number of aryl methyl sites for hydroxylation is 1. The second-order valence-corrected chi connectivity index (χ2v) is 5.92. The topological polar surface area (TPSA) is 110 Å². The summed E-state index contributed by atoms with van der Waals surface area (Å²) in [6.45, 7) is 2.91. The average molecular weight is 248 g/mol. The Morgan fingerprint density at radius 1 is 1.62 bits per heavy atom. The molecule has 0 saturated carbocycles. The normalized spacial score (nSPS) is 13.0. The van der Waals surface area contributed by atoms with E-state index in [-0.39, 0.29) is 17.3 Å². The maximum Gasteiger partial charge on any atom is 0.245 e. The molecule has 4 N–H and O–H groups in total. The van der Waals surface area contributed by atoms with Crippen LogP contribution in [-0.2, 0) is 17.1 Å². The van der Waals surface area contributed by atoms with Crippen molar-refractivity contribution in [2.45, 2.75) is 24.3 Å². The number of aromatic nitrogens is 2. The maximum absolute atomic E-state index is 11.8. The largest absolute Gasteiger partial charge is 0.389 e. The van der Waals surface area contributed by atoms with Crippen LogP contribution in [0.15, 0.2) is 11.1 Å². The van der Waals surface area contributed by atoms with Crippen molar-refractivity contribution in [1.82, 2.24) is 14.5 Å². The zero-order valence-electron chi connectivity index (χ0n) is 9.43. The predicted molar refractivity (Wildman–Crippen MR) is 59.1 cm³/mol. The molecule has 1 aromatic heterocycles. The summed E-state index contributed by atoms with van der Waals surface area (Å²) in [4.78, 5) is -0.0840. The van der Waals surface area contributed by atoms with Gasteiger partial charge in [0.25, 0.3) is 0 Å². The third-order valence-corrected chi connectivity index (χ3v) is 3.22. The molecule has 1 heterocycles. The van der Waals surface area contributed by atoms with Gasteiger partial charge in [-0.15, -0.1) is 0 Å². The molecule has 0 bridgehead atoms. The number of rotatable bonds is 4. The van der Waals surface area contributed by atoms with Gasteiger partial charge in [0.05, 0.1) is 5.60 Å². The van der Waals surface area contributed by atoms with E-state index in [0.717, 1.165) is 0 Å². The van der Waals surface area contributed by atoms with Gasteiger partial charge in [-0.05, 0) is 13.8 Å². The van der Waals surface area contributed by atoms with E-state index in [4.69, 9.17) is 5.73 Å². The molecule has 0 aliphatic rings. The van der Waals surface area contributed by atoms with Gasteiger partial charge in [-0.25, -0.2) is 13.1 Å². The molecule has 0 spiro atoms. The van der Waals surface area contributed by atoms with Crippen LogP contribution >= 0.6 is 0 Å². The lowest BCUT2D eigenvalue weighted by atomic mass is 10.1. The minimum atomic E-state index is -3.72. The van der Waals surface area contributed by atoms with Crippen molar-refractivity contribution in [2.24, 2.45) is 7.05 Å². The number of anilines is 1. The quantitative estimate of drug-likeness (QED) is 0.636. The van der Waals surface area contributed by atoms with Crippen LogP contribution < -0.4 is 10.5 Å². The number of nitrogens with two attached hydrogens (primary N) is 1. The number of aliphatic hydroxyl groups is 1. The molecular weight excluding hydrogens is 232 g/mol. The third kappa shape index (κ3) is 3.19. The number of hydrogen-bond acceptors (Lipinski definition) is 5. The Morgan fingerprint density at radius 3 is 2.56 bits per heavy atom. The van der Waals surface area contributed by atoms with Gasteiger partial charge in [-0.2, -0.15) is 5.10 Å². The first-order valence-electron chi connectivity index (χ1n) is 4.63. The highest BCUT2D eigenvalue weighted by atomic mass is 32.2. The second-order valence-electron chi connectivity index (χ2n) is 4.19. The van der Waals surface area contributed by atoms with Gasteiger partial charge in [0.15, 0.2) is 5.82 Å². The molecule has 0 unspecified atom stereocenters. The van der Waals surface area contributed by atoms with Gasteiger partial charge in [0.1, 0.15) is 4.90 Å². The van der Waals surface area contributed by atoms with Crippen LogP contribution in [-0.4, -0.2) is 35.5 Å². The molecule has 7 nitrogen and oxygen atoms in total. The summed E-state index contributed by atoms with van der Waals surface area (Å²) in [7, 11) is -2.15. The Hall–Kier alpha value is -1.12. The van der Waals surface area contributed by atoms with Crippen molar-refractivity contribution in [2.75, 3.05) is 12.3 Å². The summed E-state index contributed by atoms with van der Waals surface area (Å²) in [6, 6.07) is 0. The fourth-order valence-corrected chi connectivity index (χ4v) is 2.35. The molecule has 0 amide bonds. The number of nitrogens with zero attached hydrogens (tertiary/aromatic N) is 2. The fraction of sp³-hybridized carbons (Fsp3) is 0.625. The van der Waals surface area contributed by atoms with Crippen molar-refractivity contribution in [1.29, 1.82) is 0 Å². The average Bonchev–Trinajstić information content (AvgIpc) is 2.42. The van der Waals surface area contributed by atoms with Crippen molar-refractivity contribution >= 4 is 15.8 Å². The van der Waals surface area contributed by atoms with Crippen molar-refractivity contribution in [3.63, 3.8) is 0 Å². The summed E-state index contributed by atoms with van der Waals surface area (Å²) < 4.78 is 27.1. The number of sulfonamides is 1. The fourth-order valence-electron chi connectivity index (χ4n) is 1.04. The molecule has 0 aromatic carbocycles. The summed E-state index contributed by atoms with van der Waals surface area (Å²) in [5.41, 5.74) is 4.33. The monoisotopic (exact) mass is 248 g/mol. The summed E-state index contributed by atoms with van der Waals surface area (Å²) in [5, 5.41) is 13.2. The molecule has 0 saturated heterocycles. The Morgan fingerprint density at radius 2 is 2.19 bits per heavy atom. The number of hydrogen-bond donors (Lipinski definition) is 3. The first kappa shape index (κ1) is 12.9. The maximum atomic E-state index is 11.8. The SMILES string of the molecule is Cn1cc(S(=O)(=O)NCC(C)(C)O)c(N)n1. The van der Waals surface area contributed by atoms with Gasteiger partial charge in [-0.3, -0.25) is 4.68 Å². The molecule has 8 heteroatoms. The molecular formula is C8H16N4O3S. The van der Waals surface area contributed by atoms with E-state index in [1.807, 2.05) is 0 Å². The van der Waals surface area contributed by atoms with E-state index in [0.29, 0.717) is 0 Å². The minimum Gasteiger partial charge on any atom is -0.389 e. The Labute approximate surface area is 94.3 Å². The van der Waals surface area contributed by atoms with Crippen molar-refractivity contribution in [3.8, 4) is 0 Å². The number of nitrogen functional groups attached to an aromatic ring is 1. The van der Waals surface area contributed by atoms with E-state index in [1.165, 1.54) is 24.7 Å². The van der Waals surface area contributed by atoms with Crippen LogP contribution in [0.5, 0.6) is 0 Å². The highest BCUT2D eigenvalue weighted by Gasteiger charge is 2.23. The first-order valence-corrected chi connectivity index (χ1v) is 6.11. The lowest BCUT2D eigenvalue weighted by Gasteiger charge is -2.17. The van der Waals surface area contributed by atoms with Gasteiger partial charge in [0, 0.05) is 19.8 Å². The highest BCUT2D eigenvalue weighted by molar-refractivity contribution is 7.89. The molecule has 0 fully saturated rings. The smallest absolute Gasteiger partial charge is 0.245 e. The lowest BCUT2D eigenvalue weighted by Crippen LogP contribution is -2.38. The van der Waals surface area contributed by atoms with E-state index < -0.39 is 15.6 Å². The Bertz CT molecular complexity index is 472. The van der Waals surface area contributed by atoms with E-state index in [1.54, 1.807) is 7.05 Å². The molecule has 1 aromatic rings. The van der Waals surface area contributed by atoms with Crippen molar-refractivity contribution in [3.05, 3.63) is 6.20 Å². The Balaban J connectivity index is 2.91. The van der Waals surface area contributed by atoms with Gasteiger partial charge >= 0.3 is 0 Å². The van der Waals surface area contributed by atoms with Crippen LogP contribution in [0.4, 0.5) is 5.82 Å². The predicted octanol–water partition coefficient (Wildman–Crippen LogP) is -0.948.